The number of nitrogens with zero attached hydrogens (tertiary/aromatic N) is 1. The SMILES string of the molecule is Cc1ccc2cc(C(=O)C3CCC(C)(C)CC3)ccc2n1. The van der Waals surface area contributed by atoms with Crippen molar-refractivity contribution >= 4 is 16.7 Å². The molecule has 0 unspecified atom stereocenters. The van der Waals surface area contributed by atoms with Crippen LogP contribution in [0.1, 0.15) is 55.6 Å². The molecule has 0 spiro atoms. The van der Waals surface area contributed by atoms with Crippen LogP contribution in [0.4, 0.5) is 0 Å². The molecule has 0 aliphatic heterocycles. The first-order chi connectivity index (χ1) is 9.94. The van der Waals surface area contributed by atoms with Crippen LogP contribution in [0, 0.1) is 18.3 Å². The Balaban J connectivity index is 1.83. The van der Waals surface area contributed by atoms with Crippen molar-refractivity contribution in [3.63, 3.8) is 0 Å². The van der Waals surface area contributed by atoms with E-state index in [2.05, 4.69) is 24.9 Å². The van der Waals surface area contributed by atoms with E-state index in [9.17, 15) is 4.79 Å². The Morgan fingerprint density at radius 3 is 2.57 bits per heavy atom. The highest BCUT2D eigenvalue weighted by Gasteiger charge is 2.30. The van der Waals surface area contributed by atoms with Gasteiger partial charge in [0.25, 0.3) is 0 Å². The highest BCUT2D eigenvalue weighted by molar-refractivity contribution is 6.00. The molecule has 1 aromatic heterocycles. The van der Waals surface area contributed by atoms with Gasteiger partial charge in [-0.3, -0.25) is 9.78 Å². The molecule has 1 aliphatic rings. The van der Waals surface area contributed by atoms with E-state index < -0.39 is 0 Å². The number of carbonyl (C=O) groups is 1. The average Bonchev–Trinajstić information content (AvgIpc) is 2.46. The lowest BCUT2D eigenvalue weighted by Crippen LogP contribution is -2.26. The average molecular weight is 281 g/mol. The van der Waals surface area contributed by atoms with Crippen LogP contribution < -0.4 is 0 Å². The number of rotatable bonds is 2. The molecular formula is C19H23NO. The van der Waals surface area contributed by atoms with Crippen molar-refractivity contribution in [1.29, 1.82) is 0 Å². The molecule has 2 aromatic rings. The van der Waals surface area contributed by atoms with E-state index in [0.717, 1.165) is 47.8 Å². The molecule has 1 heterocycles. The molecule has 2 heteroatoms. The molecule has 1 fully saturated rings. The highest BCUT2D eigenvalue weighted by atomic mass is 16.1. The number of hydrogen-bond acceptors (Lipinski definition) is 2. The Morgan fingerprint density at radius 1 is 1.14 bits per heavy atom. The predicted molar refractivity (Wildman–Crippen MR) is 86.5 cm³/mol. The fraction of sp³-hybridized carbons (Fsp3) is 0.474. The summed E-state index contributed by atoms with van der Waals surface area (Å²) in [5.41, 5.74) is 3.23. The lowest BCUT2D eigenvalue weighted by Gasteiger charge is -2.33. The number of aromatic nitrogens is 1. The molecule has 1 aromatic carbocycles. The van der Waals surface area contributed by atoms with Gasteiger partial charge in [0.2, 0.25) is 0 Å². The van der Waals surface area contributed by atoms with Gasteiger partial charge in [-0.1, -0.05) is 19.9 Å². The summed E-state index contributed by atoms with van der Waals surface area (Å²) in [4.78, 5) is 17.2. The molecule has 1 saturated carbocycles. The van der Waals surface area contributed by atoms with E-state index in [0.29, 0.717) is 11.2 Å². The van der Waals surface area contributed by atoms with Gasteiger partial charge < -0.3 is 0 Å². The van der Waals surface area contributed by atoms with E-state index >= 15 is 0 Å². The number of ketones is 1. The van der Waals surface area contributed by atoms with Crippen LogP contribution in [0.3, 0.4) is 0 Å². The molecule has 0 radical (unpaired) electrons. The van der Waals surface area contributed by atoms with Gasteiger partial charge in [0, 0.05) is 22.6 Å². The fourth-order valence-electron chi connectivity index (χ4n) is 3.28. The summed E-state index contributed by atoms with van der Waals surface area (Å²) < 4.78 is 0. The largest absolute Gasteiger partial charge is 0.294 e. The maximum absolute atomic E-state index is 12.7. The molecule has 1 aliphatic carbocycles. The lowest BCUT2D eigenvalue weighted by atomic mass is 9.71. The fourth-order valence-corrected chi connectivity index (χ4v) is 3.28. The Hall–Kier alpha value is -1.70. The summed E-state index contributed by atoms with van der Waals surface area (Å²) in [6.45, 7) is 6.59. The molecular weight excluding hydrogens is 258 g/mol. The van der Waals surface area contributed by atoms with Crippen molar-refractivity contribution in [3.8, 4) is 0 Å². The van der Waals surface area contributed by atoms with Crippen molar-refractivity contribution in [1.82, 2.24) is 4.98 Å². The first-order valence-electron chi connectivity index (χ1n) is 7.86. The molecule has 110 valence electrons. The monoisotopic (exact) mass is 281 g/mol. The van der Waals surface area contributed by atoms with Crippen LogP contribution in [0.5, 0.6) is 0 Å². The van der Waals surface area contributed by atoms with Crippen LogP contribution in [-0.4, -0.2) is 10.8 Å². The zero-order valence-electron chi connectivity index (χ0n) is 13.1. The first-order valence-corrected chi connectivity index (χ1v) is 7.86. The minimum absolute atomic E-state index is 0.203. The number of benzene rings is 1. The minimum Gasteiger partial charge on any atom is -0.294 e. The minimum atomic E-state index is 0.203. The third-order valence-electron chi connectivity index (χ3n) is 4.82. The summed E-state index contributed by atoms with van der Waals surface area (Å²) >= 11 is 0. The second kappa shape index (κ2) is 5.25. The Kier molecular flexibility index (Phi) is 3.56. The van der Waals surface area contributed by atoms with Gasteiger partial charge in [-0.05, 0) is 62.3 Å². The number of pyridine rings is 1. The molecule has 0 amide bonds. The second-order valence-corrected chi connectivity index (χ2v) is 7.16. The highest BCUT2D eigenvalue weighted by Crippen LogP contribution is 2.39. The van der Waals surface area contributed by atoms with Crippen LogP contribution >= 0.6 is 0 Å². The number of carbonyl (C=O) groups excluding carboxylic acids is 1. The van der Waals surface area contributed by atoms with Gasteiger partial charge in [-0.25, -0.2) is 0 Å². The van der Waals surface area contributed by atoms with Crippen LogP contribution in [0.2, 0.25) is 0 Å². The van der Waals surface area contributed by atoms with Crippen molar-refractivity contribution in [2.45, 2.75) is 46.5 Å². The van der Waals surface area contributed by atoms with Crippen LogP contribution in [-0.2, 0) is 0 Å². The van der Waals surface area contributed by atoms with Gasteiger partial charge in [0.1, 0.15) is 0 Å². The van der Waals surface area contributed by atoms with Gasteiger partial charge in [0.15, 0.2) is 5.78 Å². The third kappa shape index (κ3) is 2.99. The van der Waals surface area contributed by atoms with E-state index in [-0.39, 0.29) is 5.92 Å². The normalized spacial score (nSPS) is 18.8. The number of hydrogen-bond donors (Lipinski definition) is 0. The van der Waals surface area contributed by atoms with Gasteiger partial charge in [-0.15, -0.1) is 0 Å². The Bertz CT molecular complexity index is 677. The van der Waals surface area contributed by atoms with Gasteiger partial charge in [0.05, 0.1) is 5.52 Å². The standard InChI is InChI=1S/C19H23NO/c1-13-4-5-15-12-16(6-7-17(15)20-13)18(21)14-8-10-19(2,3)11-9-14/h4-7,12,14H,8-11H2,1-3H3. The Morgan fingerprint density at radius 2 is 1.86 bits per heavy atom. The summed E-state index contributed by atoms with van der Waals surface area (Å²) in [6, 6.07) is 9.97. The molecule has 0 saturated heterocycles. The molecule has 0 atom stereocenters. The molecule has 0 N–H and O–H groups in total. The zero-order chi connectivity index (χ0) is 15.0. The van der Waals surface area contributed by atoms with Crippen molar-refractivity contribution in [2.75, 3.05) is 0 Å². The zero-order valence-corrected chi connectivity index (χ0v) is 13.1. The smallest absolute Gasteiger partial charge is 0.165 e. The quantitative estimate of drug-likeness (QED) is 0.730. The van der Waals surface area contributed by atoms with E-state index in [1.165, 1.54) is 0 Å². The summed E-state index contributed by atoms with van der Waals surface area (Å²) in [7, 11) is 0. The van der Waals surface area contributed by atoms with E-state index in [1.807, 2.05) is 31.2 Å². The number of aryl methyl sites for hydroxylation is 1. The summed E-state index contributed by atoms with van der Waals surface area (Å²) in [5.74, 6) is 0.516. The maximum atomic E-state index is 12.7. The number of fused-ring (bicyclic) bond motifs is 1. The topological polar surface area (TPSA) is 30.0 Å². The second-order valence-electron chi connectivity index (χ2n) is 7.16. The first kappa shape index (κ1) is 14.2. The van der Waals surface area contributed by atoms with E-state index in [4.69, 9.17) is 0 Å². The lowest BCUT2D eigenvalue weighted by molar-refractivity contribution is 0.0838. The summed E-state index contributed by atoms with van der Waals surface area (Å²) in [5, 5.41) is 1.06. The molecule has 0 bridgehead atoms. The van der Waals surface area contributed by atoms with Crippen molar-refractivity contribution in [3.05, 3.63) is 41.6 Å². The molecule has 2 nitrogen and oxygen atoms in total. The van der Waals surface area contributed by atoms with E-state index in [1.54, 1.807) is 0 Å². The third-order valence-corrected chi connectivity index (χ3v) is 4.82. The maximum Gasteiger partial charge on any atom is 0.165 e. The van der Waals surface area contributed by atoms with Crippen LogP contribution in [0.25, 0.3) is 10.9 Å². The summed E-state index contributed by atoms with van der Waals surface area (Å²) in [6.07, 6.45) is 4.35. The van der Waals surface area contributed by atoms with Crippen LogP contribution in [0.15, 0.2) is 30.3 Å². The van der Waals surface area contributed by atoms with Crippen molar-refractivity contribution < 1.29 is 4.79 Å². The Labute approximate surface area is 126 Å². The molecule has 3 rings (SSSR count). The van der Waals surface area contributed by atoms with Gasteiger partial charge in [-0.2, -0.15) is 0 Å². The number of Topliss-reactive ketones (excluding diaryl/α,β-unsaturated/α-hetero) is 1. The van der Waals surface area contributed by atoms with Crippen molar-refractivity contribution in [2.24, 2.45) is 11.3 Å². The predicted octanol–water partition coefficient (Wildman–Crippen LogP) is 4.94. The molecule has 21 heavy (non-hydrogen) atoms. The van der Waals surface area contributed by atoms with Gasteiger partial charge >= 0.3 is 0 Å².